The standard InChI is InChI=1S/C18H14F3NO4S/c19-12-6-5-11(7-14(12)21)16(23)8-26-18(25)10-27-9-17(24)22-15-4-2-1-3-13(15)20/h1-7H,8-10H2,(H,22,24). The van der Waals surface area contributed by atoms with Crippen LogP contribution in [0.3, 0.4) is 0 Å². The molecule has 0 saturated carbocycles. The number of nitrogens with one attached hydrogen (secondary N) is 1. The lowest BCUT2D eigenvalue weighted by Crippen LogP contribution is -2.18. The van der Waals surface area contributed by atoms with Gasteiger partial charge in [-0.15, -0.1) is 11.8 Å². The van der Waals surface area contributed by atoms with Crippen molar-refractivity contribution >= 4 is 35.1 Å². The molecule has 0 bridgehead atoms. The predicted octanol–water partition coefficient (Wildman–Crippen LogP) is 3.20. The van der Waals surface area contributed by atoms with Gasteiger partial charge in [0, 0.05) is 5.56 Å². The van der Waals surface area contributed by atoms with E-state index in [0.29, 0.717) is 6.07 Å². The van der Waals surface area contributed by atoms with Crippen molar-refractivity contribution in [3.63, 3.8) is 0 Å². The Kier molecular flexibility index (Phi) is 7.42. The molecule has 5 nitrogen and oxygen atoms in total. The maximum absolute atomic E-state index is 13.4. The minimum absolute atomic E-state index is 0.0304. The molecule has 142 valence electrons. The second-order valence-corrected chi connectivity index (χ2v) is 6.22. The monoisotopic (exact) mass is 397 g/mol. The highest BCUT2D eigenvalue weighted by Gasteiger charge is 2.13. The topological polar surface area (TPSA) is 72.5 Å². The second-order valence-electron chi connectivity index (χ2n) is 5.23. The molecule has 0 atom stereocenters. The molecule has 0 aromatic heterocycles. The molecule has 0 saturated heterocycles. The van der Waals surface area contributed by atoms with E-state index in [4.69, 9.17) is 4.74 Å². The normalized spacial score (nSPS) is 10.3. The highest BCUT2D eigenvalue weighted by Crippen LogP contribution is 2.13. The number of para-hydroxylation sites is 1. The van der Waals surface area contributed by atoms with Gasteiger partial charge in [0.15, 0.2) is 24.0 Å². The van der Waals surface area contributed by atoms with Gasteiger partial charge in [-0.05, 0) is 30.3 Å². The Morgan fingerprint density at radius 2 is 1.67 bits per heavy atom. The lowest BCUT2D eigenvalue weighted by Gasteiger charge is -2.06. The summed E-state index contributed by atoms with van der Waals surface area (Å²) in [6, 6.07) is 8.24. The molecule has 2 rings (SSSR count). The number of hydrogen-bond donors (Lipinski definition) is 1. The summed E-state index contributed by atoms with van der Waals surface area (Å²) in [6.45, 7) is -0.633. The molecule has 1 amide bonds. The first-order valence-corrected chi connectivity index (χ1v) is 8.78. The number of carbonyl (C=O) groups excluding carboxylic acids is 3. The number of esters is 1. The molecule has 0 spiro atoms. The van der Waals surface area contributed by atoms with Gasteiger partial charge >= 0.3 is 5.97 Å². The maximum Gasteiger partial charge on any atom is 0.316 e. The summed E-state index contributed by atoms with van der Waals surface area (Å²) in [6.07, 6.45) is 0. The molecule has 0 aliphatic heterocycles. The largest absolute Gasteiger partial charge is 0.457 e. The van der Waals surface area contributed by atoms with Crippen molar-refractivity contribution in [1.29, 1.82) is 0 Å². The average molecular weight is 397 g/mol. The molecule has 0 aliphatic carbocycles. The molecule has 9 heteroatoms. The lowest BCUT2D eigenvalue weighted by molar-refractivity contribution is -0.139. The van der Waals surface area contributed by atoms with Gasteiger partial charge in [-0.3, -0.25) is 14.4 Å². The minimum atomic E-state index is -1.18. The third kappa shape index (κ3) is 6.45. The van der Waals surface area contributed by atoms with Crippen LogP contribution >= 0.6 is 11.8 Å². The predicted molar refractivity (Wildman–Crippen MR) is 94.0 cm³/mol. The van der Waals surface area contributed by atoms with Gasteiger partial charge in [-0.25, -0.2) is 13.2 Å². The van der Waals surface area contributed by atoms with Crippen LogP contribution in [-0.2, 0) is 14.3 Å². The molecule has 0 heterocycles. The van der Waals surface area contributed by atoms with E-state index in [1.54, 1.807) is 6.07 Å². The molecule has 0 aliphatic rings. The minimum Gasteiger partial charge on any atom is -0.457 e. The SMILES string of the molecule is O=C(CSCC(=O)OCC(=O)c1ccc(F)c(F)c1)Nc1ccccc1F. The summed E-state index contributed by atoms with van der Waals surface area (Å²) in [7, 11) is 0. The van der Waals surface area contributed by atoms with Gasteiger partial charge in [0.25, 0.3) is 0 Å². The first-order valence-electron chi connectivity index (χ1n) is 7.63. The van der Waals surface area contributed by atoms with Gasteiger partial charge in [0.05, 0.1) is 17.2 Å². The van der Waals surface area contributed by atoms with Gasteiger partial charge in [0.1, 0.15) is 5.82 Å². The van der Waals surface area contributed by atoms with E-state index < -0.39 is 41.7 Å². The summed E-state index contributed by atoms with van der Waals surface area (Å²) >= 11 is 0.917. The van der Waals surface area contributed by atoms with Crippen LogP contribution in [0.1, 0.15) is 10.4 Å². The fourth-order valence-corrected chi connectivity index (χ4v) is 2.53. The number of ketones is 1. The number of Topliss-reactive ketones (excluding diaryl/α,β-unsaturated/α-hetero) is 1. The molecule has 2 aromatic rings. The Labute approximate surface area is 156 Å². The smallest absolute Gasteiger partial charge is 0.316 e. The quantitative estimate of drug-likeness (QED) is 0.547. The third-order valence-corrected chi connectivity index (χ3v) is 4.11. The molecular formula is C18H14F3NO4S. The zero-order chi connectivity index (χ0) is 19.8. The van der Waals surface area contributed by atoms with E-state index in [9.17, 15) is 27.6 Å². The molecule has 0 unspecified atom stereocenters. The van der Waals surface area contributed by atoms with Crippen molar-refractivity contribution in [3.8, 4) is 0 Å². The van der Waals surface area contributed by atoms with Crippen LogP contribution in [0.15, 0.2) is 42.5 Å². The van der Waals surface area contributed by atoms with Crippen molar-refractivity contribution in [2.75, 3.05) is 23.4 Å². The Balaban J connectivity index is 1.70. The number of halogens is 3. The number of rotatable bonds is 8. The van der Waals surface area contributed by atoms with Crippen molar-refractivity contribution in [2.45, 2.75) is 0 Å². The molecular weight excluding hydrogens is 383 g/mol. The van der Waals surface area contributed by atoms with Gasteiger partial charge in [-0.2, -0.15) is 0 Å². The Morgan fingerprint density at radius 3 is 2.37 bits per heavy atom. The first-order chi connectivity index (χ1) is 12.9. The number of thioether (sulfide) groups is 1. The van der Waals surface area contributed by atoms with Crippen LogP contribution < -0.4 is 5.32 Å². The fourth-order valence-electron chi connectivity index (χ4n) is 1.92. The number of benzene rings is 2. The zero-order valence-electron chi connectivity index (χ0n) is 13.8. The average Bonchev–Trinajstić information content (AvgIpc) is 2.64. The van der Waals surface area contributed by atoms with Crippen molar-refractivity contribution in [1.82, 2.24) is 0 Å². The van der Waals surface area contributed by atoms with Crippen molar-refractivity contribution < 1.29 is 32.3 Å². The number of carbonyl (C=O) groups is 3. The number of hydrogen-bond acceptors (Lipinski definition) is 5. The van der Waals surface area contributed by atoms with Crippen molar-refractivity contribution in [2.24, 2.45) is 0 Å². The number of ether oxygens (including phenoxy) is 1. The van der Waals surface area contributed by atoms with Crippen LogP contribution in [0, 0.1) is 17.5 Å². The van der Waals surface area contributed by atoms with Gasteiger partial charge < -0.3 is 10.1 Å². The summed E-state index contributed by atoms with van der Waals surface area (Å²) in [5.74, 6) is -5.13. The van der Waals surface area contributed by atoms with E-state index in [1.165, 1.54) is 18.2 Å². The highest BCUT2D eigenvalue weighted by molar-refractivity contribution is 8.00. The lowest BCUT2D eigenvalue weighted by atomic mass is 10.1. The second kappa shape index (κ2) is 9.77. The van der Waals surface area contributed by atoms with Crippen molar-refractivity contribution in [3.05, 3.63) is 65.5 Å². The van der Waals surface area contributed by atoms with Crippen LogP contribution in [0.25, 0.3) is 0 Å². The molecule has 2 aromatic carbocycles. The molecule has 27 heavy (non-hydrogen) atoms. The van der Waals surface area contributed by atoms with Crippen LogP contribution in [0.5, 0.6) is 0 Å². The third-order valence-electron chi connectivity index (χ3n) is 3.21. The zero-order valence-corrected chi connectivity index (χ0v) is 14.7. The summed E-state index contributed by atoms with van der Waals surface area (Å²) in [5, 5.41) is 2.36. The number of anilines is 1. The Bertz CT molecular complexity index is 860. The molecule has 1 N–H and O–H groups in total. The van der Waals surface area contributed by atoms with Crippen LogP contribution in [0.2, 0.25) is 0 Å². The number of amides is 1. The summed E-state index contributed by atoms with van der Waals surface area (Å²) < 4.78 is 44.0. The van der Waals surface area contributed by atoms with E-state index in [2.05, 4.69) is 5.32 Å². The van der Waals surface area contributed by atoms with Crippen LogP contribution in [0.4, 0.5) is 18.9 Å². The Morgan fingerprint density at radius 1 is 0.926 bits per heavy atom. The fraction of sp³-hybridized carbons (Fsp3) is 0.167. The highest BCUT2D eigenvalue weighted by atomic mass is 32.2. The summed E-state index contributed by atoms with van der Waals surface area (Å²) in [5.41, 5.74) is -0.0959. The first kappa shape index (κ1) is 20.5. The molecule has 0 fully saturated rings. The van der Waals surface area contributed by atoms with E-state index in [1.807, 2.05) is 0 Å². The van der Waals surface area contributed by atoms with E-state index in [0.717, 1.165) is 23.9 Å². The van der Waals surface area contributed by atoms with E-state index >= 15 is 0 Å². The molecule has 0 radical (unpaired) electrons. The Hall–Kier alpha value is -2.81. The van der Waals surface area contributed by atoms with Gasteiger partial charge in [-0.1, -0.05) is 12.1 Å². The maximum atomic E-state index is 13.4. The van der Waals surface area contributed by atoms with Crippen LogP contribution in [-0.4, -0.2) is 35.8 Å². The van der Waals surface area contributed by atoms with Gasteiger partial charge in [0.2, 0.25) is 5.91 Å². The van der Waals surface area contributed by atoms with E-state index in [-0.39, 0.29) is 22.8 Å². The summed E-state index contributed by atoms with van der Waals surface area (Å²) in [4.78, 5) is 35.0.